The van der Waals surface area contributed by atoms with Crippen molar-refractivity contribution in [3.63, 3.8) is 0 Å². The summed E-state index contributed by atoms with van der Waals surface area (Å²) in [7, 11) is 0. The van der Waals surface area contributed by atoms with E-state index >= 15 is 0 Å². The highest BCUT2D eigenvalue weighted by atomic mass is 35.5. The van der Waals surface area contributed by atoms with Crippen molar-refractivity contribution >= 4 is 35.1 Å². The quantitative estimate of drug-likeness (QED) is 0.437. The molecule has 1 N–H and O–H groups in total. The summed E-state index contributed by atoms with van der Waals surface area (Å²) >= 11 is 6.61. The summed E-state index contributed by atoms with van der Waals surface area (Å²) in [6, 6.07) is 3.68. The molecule has 210 valence electrons. The summed E-state index contributed by atoms with van der Waals surface area (Å²) < 4.78 is 12.6. The van der Waals surface area contributed by atoms with E-state index in [2.05, 4.69) is 0 Å². The molecule has 39 heavy (non-hydrogen) atoms. The number of aryl methyl sites for hydroxylation is 1. The van der Waals surface area contributed by atoms with Gasteiger partial charge in [0.1, 0.15) is 23.2 Å². The van der Waals surface area contributed by atoms with Crippen LogP contribution < -0.4 is 4.90 Å². The normalized spacial score (nSPS) is 34.0. The second-order valence-corrected chi connectivity index (χ2v) is 11.7. The summed E-state index contributed by atoms with van der Waals surface area (Å²) in [4.78, 5) is 45.9. The Labute approximate surface area is 234 Å². The maximum Gasteiger partial charge on any atom is 0.313 e. The van der Waals surface area contributed by atoms with Crippen molar-refractivity contribution in [2.24, 2.45) is 17.8 Å². The number of benzene rings is 1. The standard InChI is InChI=1S/C30H37ClN2O6/c1-5-29-13-7-6-8-16-38-28(37)23(29)22-26(35)33(21(17-34)18(2)3)25-27(36)32(15-10-14-30(22,25)39-29)24-19(4)11-9-12-20(24)31/h7,9-14,18,21-23,25,34H,5-6,8,15-17H2,1-4H3/b13-7-/t21-,22-,23+,25?,29-,30-/m0/s1. The van der Waals surface area contributed by atoms with Gasteiger partial charge in [0.25, 0.3) is 5.91 Å². The van der Waals surface area contributed by atoms with Crippen molar-refractivity contribution < 1.29 is 29.0 Å². The number of hydrogen-bond donors (Lipinski definition) is 1. The number of allylic oxidation sites excluding steroid dienone is 1. The van der Waals surface area contributed by atoms with E-state index in [-0.39, 0.29) is 37.5 Å². The highest BCUT2D eigenvalue weighted by Crippen LogP contribution is 2.59. The molecular formula is C30H37ClN2O6. The van der Waals surface area contributed by atoms with Gasteiger partial charge in [-0.05, 0) is 43.7 Å². The van der Waals surface area contributed by atoms with Gasteiger partial charge in [-0.2, -0.15) is 0 Å². The Bertz CT molecular complexity index is 1210. The minimum Gasteiger partial charge on any atom is -0.465 e. The van der Waals surface area contributed by atoms with Crippen LogP contribution in [0.15, 0.2) is 42.5 Å². The van der Waals surface area contributed by atoms with Crippen LogP contribution in [0.4, 0.5) is 5.69 Å². The lowest BCUT2D eigenvalue weighted by atomic mass is 9.73. The lowest BCUT2D eigenvalue weighted by Gasteiger charge is -2.42. The molecule has 1 aromatic rings. The number of fused-ring (bicyclic) bond motifs is 2. The van der Waals surface area contributed by atoms with Crippen molar-refractivity contribution in [3.8, 4) is 0 Å². The molecule has 9 heteroatoms. The van der Waals surface area contributed by atoms with E-state index in [0.29, 0.717) is 30.0 Å². The molecule has 1 aromatic carbocycles. The van der Waals surface area contributed by atoms with Crippen LogP contribution in [0, 0.1) is 24.7 Å². The maximum absolute atomic E-state index is 14.7. The van der Waals surface area contributed by atoms with Crippen LogP contribution in [0.2, 0.25) is 5.02 Å². The number of carbonyl (C=O) groups is 3. The van der Waals surface area contributed by atoms with Gasteiger partial charge in [0.05, 0.1) is 35.9 Å². The Hall–Kier alpha value is -2.68. The molecule has 0 radical (unpaired) electrons. The number of anilines is 1. The highest BCUT2D eigenvalue weighted by Gasteiger charge is 2.76. The third kappa shape index (κ3) is 4.14. The van der Waals surface area contributed by atoms with Crippen molar-refractivity contribution in [2.75, 3.05) is 24.7 Å². The lowest BCUT2D eigenvalue weighted by Crippen LogP contribution is -2.60. The molecule has 0 saturated carbocycles. The van der Waals surface area contributed by atoms with Gasteiger partial charge in [-0.15, -0.1) is 0 Å². The van der Waals surface area contributed by atoms with Gasteiger partial charge in [-0.1, -0.05) is 68.8 Å². The molecule has 5 rings (SSSR count). The largest absolute Gasteiger partial charge is 0.465 e. The van der Waals surface area contributed by atoms with E-state index in [1.807, 2.05) is 58.1 Å². The third-order valence-corrected chi connectivity index (χ3v) is 9.15. The number of halogens is 1. The number of aliphatic hydroxyl groups excluding tert-OH is 1. The Morgan fingerprint density at radius 1 is 1.13 bits per heavy atom. The van der Waals surface area contributed by atoms with Gasteiger partial charge in [-0.25, -0.2) is 0 Å². The number of esters is 1. The predicted octanol–water partition coefficient (Wildman–Crippen LogP) is 3.82. The molecule has 4 aliphatic rings. The number of cyclic esters (lactones) is 1. The molecular weight excluding hydrogens is 520 g/mol. The second-order valence-electron chi connectivity index (χ2n) is 11.3. The zero-order valence-electron chi connectivity index (χ0n) is 22.9. The number of aliphatic hydroxyl groups is 1. The molecule has 0 aromatic heterocycles. The number of hydrogen-bond acceptors (Lipinski definition) is 6. The van der Waals surface area contributed by atoms with Gasteiger partial charge in [0.2, 0.25) is 5.91 Å². The first-order chi connectivity index (χ1) is 18.6. The minimum absolute atomic E-state index is 0.159. The van der Waals surface area contributed by atoms with Crippen LogP contribution in [0.5, 0.6) is 0 Å². The Morgan fingerprint density at radius 2 is 1.90 bits per heavy atom. The fourth-order valence-corrected chi connectivity index (χ4v) is 7.28. The SMILES string of the molecule is CC[C@]12/C=C\CCCOC(=O)[C@H]1[C@H]1C(=O)N([C@@H](CO)C(C)C)C3C(=O)N(c4c(C)cccc4Cl)CC=C[C@@]31O2. The van der Waals surface area contributed by atoms with E-state index in [9.17, 15) is 19.5 Å². The molecule has 1 spiro atoms. The number of para-hydroxylation sites is 1. The minimum atomic E-state index is -1.43. The van der Waals surface area contributed by atoms with Crippen molar-refractivity contribution in [1.82, 2.24) is 4.90 Å². The van der Waals surface area contributed by atoms with Gasteiger partial charge < -0.3 is 24.4 Å². The topological polar surface area (TPSA) is 96.4 Å². The molecule has 8 nitrogen and oxygen atoms in total. The first-order valence-electron chi connectivity index (χ1n) is 13.8. The van der Waals surface area contributed by atoms with E-state index < -0.39 is 41.1 Å². The van der Waals surface area contributed by atoms with E-state index in [1.54, 1.807) is 17.0 Å². The maximum atomic E-state index is 14.7. The molecule has 1 unspecified atom stereocenters. The summed E-state index contributed by atoms with van der Waals surface area (Å²) in [6.07, 6.45) is 9.33. The third-order valence-electron chi connectivity index (χ3n) is 8.84. The summed E-state index contributed by atoms with van der Waals surface area (Å²) in [5, 5.41) is 10.9. The Morgan fingerprint density at radius 3 is 2.56 bits per heavy atom. The molecule has 4 heterocycles. The fourth-order valence-electron chi connectivity index (χ4n) is 6.96. The van der Waals surface area contributed by atoms with E-state index in [1.165, 1.54) is 4.90 Å². The summed E-state index contributed by atoms with van der Waals surface area (Å²) in [6.45, 7) is 7.73. The van der Waals surface area contributed by atoms with Gasteiger partial charge in [-0.3, -0.25) is 14.4 Å². The summed E-state index contributed by atoms with van der Waals surface area (Å²) in [5.41, 5.74) is -1.16. The number of rotatable bonds is 5. The molecule has 6 atom stereocenters. The van der Waals surface area contributed by atoms with Crippen LogP contribution in [-0.4, -0.2) is 70.8 Å². The number of likely N-dealkylation sites (tertiary alicyclic amines) is 1. The number of ether oxygens (including phenoxy) is 2. The van der Waals surface area contributed by atoms with Gasteiger partial charge in [0, 0.05) is 6.54 Å². The lowest BCUT2D eigenvalue weighted by molar-refractivity contribution is -0.161. The van der Waals surface area contributed by atoms with Gasteiger partial charge in [0.15, 0.2) is 0 Å². The predicted molar refractivity (Wildman–Crippen MR) is 147 cm³/mol. The molecule has 4 aliphatic heterocycles. The molecule has 0 aliphatic carbocycles. The van der Waals surface area contributed by atoms with Crippen LogP contribution in [0.1, 0.15) is 45.6 Å². The summed E-state index contributed by atoms with van der Waals surface area (Å²) in [5.74, 6) is -3.32. The zero-order chi connectivity index (χ0) is 28.1. The first kappa shape index (κ1) is 27.9. The van der Waals surface area contributed by atoms with E-state index in [4.69, 9.17) is 21.1 Å². The molecule has 2 amide bonds. The molecule has 0 bridgehead atoms. The molecule has 2 fully saturated rings. The second kappa shape index (κ2) is 10.4. The van der Waals surface area contributed by atoms with Crippen LogP contribution in [0.25, 0.3) is 0 Å². The van der Waals surface area contributed by atoms with Crippen molar-refractivity contribution in [3.05, 3.63) is 53.1 Å². The zero-order valence-corrected chi connectivity index (χ0v) is 23.7. The Kier molecular flexibility index (Phi) is 7.42. The smallest absolute Gasteiger partial charge is 0.313 e. The fraction of sp³-hybridized carbons (Fsp3) is 0.567. The first-order valence-corrected chi connectivity index (χ1v) is 14.2. The average Bonchev–Trinajstić information content (AvgIpc) is 3.27. The van der Waals surface area contributed by atoms with Crippen molar-refractivity contribution in [2.45, 2.75) is 70.2 Å². The number of carbonyl (C=O) groups excluding carboxylic acids is 3. The highest BCUT2D eigenvalue weighted by molar-refractivity contribution is 6.34. The van der Waals surface area contributed by atoms with Crippen molar-refractivity contribution in [1.29, 1.82) is 0 Å². The molecule has 2 saturated heterocycles. The van der Waals surface area contributed by atoms with E-state index in [0.717, 1.165) is 5.56 Å². The average molecular weight is 557 g/mol. The van der Waals surface area contributed by atoms with Gasteiger partial charge >= 0.3 is 5.97 Å². The van der Waals surface area contributed by atoms with Crippen LogP contribution in [0.3, 0.4) is 0 Å². The van der Waals surface area contributed by atoms with Crippen LogP contribution in [-0.2, 0) is 23.9 Å². The Balaban J connectivity index is 1.73. The number of amides is 2. The van der Waals surface area contributed by atoms with Crippen LogP contribution >= 0.6 is 11.6 Å². The monoisotopic (exact) mass is 556 g/mol. The number of nitrogens with zero attached hydrogens (tertiary/aromatic N) is 2.